The molecule has 0 saturated heterocycles. The van der Waals surface area contributed by atoms with Crippen molar-refractivity contribution in [2.24, 2.45) is 0 Å². The quantitative estimate of drug-likeness (QED) is 0.470. The highest BCUT2D eigenvalue weighted by Gasteiger charge is 2.10. The van der Waals surface area contributed by atoms with E-state index in [1.54, 1.807) is 36.4 Å². The second-order valence-electron chi connectivity index (χ2n) is 6.88. The van der Waals surface area contributed by atoms with Crippen LogP contribution in [0.3, 0.4) is 0 Å². The maximum absolute atomic E-state index is 13.7. The average Bonchev–Trinajstić information content (AvgIpc) is 2.76. The molecule has 0 aliphatic carbocycles. The van der Waals surface area contributed by atoms with E-state index >= 15 is 0 Å². The molecule has 0 bridgehead atoms. The molecule has 4 nitrogen and oxygen atoms in total. The fraction of sp³-hybridized carbons (Fsp3) is 0.120. The lowest BCUT2D eigenvalue weighted by Crippen LogP contribution is -2.22. The van der Waals surface area contributed by atoms with Crippen LogP contribution in [0, 0.1) is 12.7 Å². The monoisotopic (exact) mass is 403 g/mol. The number of hydrogen-bond donors (Lipinski definition) is 1. The van der Waals surface area contributed by atoms with Gasteiger partial charge in [0.2, 0.25) is 0 Å². The van der Waals surface area contributed by atoms with Gasteiger partial charge in [0.1, 0.15) is 5.82 Å². The van der Waals surface area contributed by atoms with Crippen molar-refractivity contribution in [2.75, 3.05) is 7.11 Å². The van der Waals surface area contributed by atoms with Gasteiger partial charge in [-0.15, -0.1) is 0 Å². The maximum Gasteiger partial charge on any atom is 0.330 e. The highest BCUT2D eigenvalue weighted by molar-refractivity contribution is 5.96. The number of methoxy groups -OCH3 is 1. The summed E-state index contributed by atoms with van der Waals surface area (Å²) >= 11 is 0. The molecule has 0 spiro atoms. The molecule has 1 N–H and O–H groups in total. The maximum atomic E-state index is 13.7. The summed E-state index contributed by atoms with van der Waals surface area (Å²) in [7, 11) is 1.29. The van der Waals surface area contributed by atoms with Crippen LogP contribution in [0.15, 0.2) is 72.8 Å². The van der Waals surface area contributed by atoms with Gasteiger partial charge in [-0.3, -0.25) is 4.79 Å². The van der Waals surface area contributed by atoms with Crippen molar-refractivity contribution < 1.29 is 18.7 Å². The Balaban J connectivity index is 1.90. The van der Waals surface area contributed by atoms with Crippen LogP contribution >= 0.6 is 0 Å². The van der Waals surface area contributed by atoms with E-state index in [0.717, 1.165) is 11.1 Å². The summed E-state index contributed by atoms with van der Waals surface area (Å²) in [5.41, 5.74) is 4.48. The molecule has 30 heavy (non-hydrogen) atoms. The highest BCUT2D eigenvalue weighted by atomic mass is 19.1. The summed E-state index contributed by atoms with van der Waals surface area (Å²) in [5.74, 6) is -1.13. The Morgan fingerprint density at radius 1 is 1.00 bits per heavy atom. The Labute approximate surface area is 175 Å². The van der Waals surface area contributed by atoms with Gasteiger partial charge in [0.25, 0.3) is 5.91 Å². The molecule has 3 rings (SSSR count). The third kappa shape index (κ3) is 5.64. The number of esters is 1. The normalized spacial score (nSPS) is 10.8. The molecule has 1 amide bonds. The number of amides is 1. The number of carbonyl (C=O) groups is 2. The first-order chi connectivity index (χ1) is 14.4. The number of halogens is 1. The van der Waals surface area contributed by atoms with Gasteiger partial charge < -0.3 is 10.1 Å². The van der Waals surface area contributed by atoms with Crippen molar-refractivity contribution >= 4 is 18.0 Å². The van der Waals surface area contributed by atoms with Gasteiger partial charge in [0, 0.05) is 18.2 Å². The zero-order chi connectivity index (χ0) is 21.5. The topological polar surface area (TPSA) is 55.4 Å². The van der Waals surface area contributed by atoms with Gasteiger partial charge >= 0.3 is 5.97 Å². The van der Waals surface area contributed by atoms with E-state index in [0.29, 0.717) is 28.8 Å². The predicted molar refractivity (Wildman–Crippen MR) is 115 cm³/mol. The van der Waals surface area contributed by atoms with Gasteiger partial charge in [0.05, 0.1) is 7.11 Å². The second-order valence-corrected chi connectivity index (χ2v) is 6.88. The molecule has 0 saturated carbocycles. The lowest BCUT2D eigenvalue weighted by Gasteiger charge is -2.10. The van der Waals surface area contributed by atoms with Gasteiger partial charge in [-0.25, -0.2) is 9.18 Å². The van der Waals surface area contributed by atoms with Crippen molar-refractivity contribution in [1.82, 2.24) is 5.32 Å². The first-order valence-electron chi connectivity index (χ1n) is 9.45. The molecular formula is C25H22FNO3. The van der Waals surface area contributed by atoms with Crippen molar-refractivity contribution in [2.45, 2.75) is 13.5 Å². The van der Waals surface area contributed by atoms with Gasteiger partial charge in [-0.1, -0.05) is 42.0 Å². The molecule has 0 fully saturated rings. The van der Waals surface area contributed by atoms with Crippen LogP contribution < -0.4 is 5.32 Å². The Morgan fingerprint density at radius 2 is 1.77 bits per heavy atom. The van der Waals surface area contributed by atoms with E-state index in [1.807, 2.05) is 31.2 Å². The van der Waals surface area contributed by atoms with Crippen LogP contribution in [0.5, 0.6) is 0 Å². The third-order valence-electron chi connectivity index (χ3n) is 4.56. The summed E-state index contributed by atoms with van der Waals surface area (Å²) in [6.45, 7) is 2.39. The van der Waals surface area contributed by atoms with E-state index < -0.39 is 5.97 Å². The molecule has 0 aromatic heterocycles. The summed E-state index contributed by atoms with van der Waals surface area (Å²) in [6, 6.07) is 19.2. The molecule has 0 unspecified atom stereocenters. The zero-order valence-corrected chi connectivity index (χ0v) is 16.8. The Hall–Kier alpha value is -3.73. The molecule has 5 heteroatoms. The average molecular weight is 403 g/mol. The summed E-state index contributed by atoms with van der Waals surface area (Å²) < 4.78 is 18.3. The Bertz CT molecular complexity index is 1090. The molecule has 0 heterocycles. The highest BCUT2D eigenvalue weighted by Crippen LogP contribution is 2.24. The third-order valence-corrected chi connectivity index (χ3v) is 4.56. The summed E-state index contributed by atoms with van der Waals surface area (Å²) in [6.07, 6.45) is 2.84. The molecule has 0 aliphatic heterocycles. The molecule has 0 radical (unpaired) electrons. The fourth-order valence-corrected chi connectivity index (χ4v) is 2.94. The second kappa shape index (κ2) is 9.65. The van der Waals surface area contributed by atoms with Gasteiger partial charge in [-0.2, -0.15) is 0 Å². The van der Waals surface area contributed by atoms with E-state index in [-0.39, 0.29) is 11.7 Å². The van der Waals surface area contributed by atoms with Crippen molar-refractivity contribution in [3.05, 3.63) is 101 Å². The first kappa shape index (κ1) is 21.0. The van der Waals surface area contributed by atoms with Gasteiger partial charge in [-0.05, 0) is 65.6 Å². The number of hydrogen-bond acceptors (Lipinski definition) is 3. The van der Waals surface area contributed by atoms with Crippen LogP contribution in [0.1, 0.15) is 27.0 Å². The Morgan fingerprint density at radius 3 is 2.47 bits per heavy atom. The molecular weight excluding hydrogens is 381 g/mol. The van der Waals surface area contributed by atoms with Crippen LogP contribution in [0.4, 0.5) is 4.39 Å². The minimum atomic E-state index is -0.503. The van der Waals surface area contributed by atoms with Crippen molar-refractivity contribution in [1.29, 1.82) is 0 Å². The SMILES string of the molecule is COC(=O)/C=C/c1cc(C(=O)NCc2ccc(C)cc2)cc(-c2cccc(F)c2)c1. The van der Waals surface area contributed by atoms with E-state index in [1.165, 1.54) is 25.3 Å². The van der Waals surface area contributed by atoms with Crippen molar-refractivity contribution in [3.63, 3.8) is 0 Å². The number of rotatable bonds is 6. The number of benzene rings is 3. The molecule has 0 atom stereocenters. The lowest BCUT2D eigenvalue weighted by atomic mass is 9.99. The fourth-order valence-electron chi connectivity index (χ4n) is 2.94. The van der Waals surface area contributed by atoms with Crippen LogP contribution in [0.2, 0.25) is 0 Å². The molecule has 152 valence electrons. The van der Waals surface area contributed by atoms with Crippen LogP contribution in [-0.2, 0) is 16.1 Å². The predicted octanol–water partition coefficient (Wildman–Crippen LogP) is 4.92. The van der Waals surface area contributed by atoms with Crippen molar-refractivity contribution in [3.8, 4) is 11.1 Å². The minimum absolute atomic E-state index is 0.262. The van der Waals surface area contributed by atoms with E-state index in [9.17, 15) is 14.0 Å². The summed E-state index contributed by atoms with van der Waals surface area (Å²) in [5, 5.41) is 2.90. The lowest BCUT2D eigenvalue weighted by molar-refractivity contribution is -0.134. The standard InChI is InChI=1S/C25H22FNO3/c1-17-6-8-18(9-7-17)16-27-25(29)22-13-19(10-11-24(28)30-2)12-21(14-22)20-4-3-5-23(26)15-20/h3-15H,16H2,1-2H3,(H,27,29)/b11-10+. The minimum Gasteiger partial charge on any atom is -0.466 e. The first-order valence-corrected chi connectivity index (χ1v) is 9.45. The summed E-state index contributed by atoms with van der Waals surface area (Å²) in [4.78, 5) is 24.2. The number of nitrogens with one attached hydrogen (secondary N) is 1. The van der Waals surface area contributed by atoms with Crippen LogP contribution in [0.25, 0.3) is 17.2 Å². The molecule has 3 aromatic rings. The number of carbonyl (C=O) groups excluding carboxylic acids is 2. The Kier molecular flexibility index (Phi) is 6.75. The van der Waals surface area contributed by atoms with E-state index in [2.05, 4.69) is 10.1 Å². The number of ether oxygens (including phenoxy) is 1. The zero-order valence-electron chi connectivity index (χ0n) is 16.8. The van der Waals surface area contributed by atoms with Gasteiger partial charge in [0.15, 0.2) is 0 Å². The largest absolute Gasteiger partial charge is 0.466 e. The molecule has 3 aromatic carbocycles. The number of aryl methyl sites for hydroxylation is 1. The van der Waals surface area contributed by atoms with E-state index in [4.69, 9.17) is 0 Å². The molecule has 0 aliphatic rings. The smallest absolute Gasteiger partial charge is 0.330 e. The van der Waals surface area contributed by atoms with Crippen LogP contribution in [-0.4, -0.2) is 19.0 Å².